The van der Waals surface area contributed by atoms with Gasteiger partial charge in [0.15, 0.2) is 0 Å². The highest BCUT2D eigenvalue weighted by atomic mass is 16.6. The maximum Gasteiger partial charge on any atom is 0.407 e. The number of aliphatic hydroxyl groups excluding tert-OH is 1. The minimum atomic E-state index is -0.632. The van der Waals surface area contributed by atoms with Crippen LogP contribution in [0.15, 0.2) is 30.3 Å². The van der Waals surface area contributed by atoms with Crippen LogP contribution in [0.1, 0.15) is 12.5 Å². The highest BCUT2D eigenvalue weighted by molar-refractivity contribution is 5.67. The molecule has 1 atom stereocenters. The summed E-state index contributed by atoms with van der Waals surface area (Å²) in [7, 11) is 0. The molecule has 0 aliphatic heterocycles. The molecule has 0 radical (unpaired) electrons. The van der Waals surface area contributed by atoms with Crippen molar-refractivity contribution in [3.8, 4) is 0 Å². The molecule has 0 aliphatic carbocycles. The number of benzene rings is 1. The topological polar surface area (TPSA) is 58.6 Å². The third-order valence-electron chi connectivity index (χ3n) is 1.74. The van der Waals surface area contributed by atoms with Gasteiger partial charge in [-0.15, -0.1) is 0 Å². The summed E-state index contributed by atoms with van der Waals surface area (Å²) in [6, 6.07) is 9.54. The van der Waals surface area contributed by atoms with Crippen molar-refractivity contribution in [3.05, 3.63) is 35.9 Å². The van der Waals surface area contributed by atoms with Crippen molar-refractivity contribution in [1.82, 2.24) is 5.32 Å². The molecule has 1 rings (SSSR count). The third kappa shape index (κ3) is 5.02. The Morgan fingerprint density at radius 3 is 2.73 bits per heavy atom. The number of alkyl carbamates (subject to hydrolysis) is 1. The van der Waals surface area contributed by atoms with Crippen LogP contribution in [0.2, 0.25) is 0 Å². The summed E-state index contributed by atoms with van der Waals surface area (Å²) in [5.74, 6) is 0. The van der Waals surface area contributed by atoms with Gasteiger partial charge in [0, 0.05) is 6.54 Å². The average molecular weight is 209 g/mol. The number of rotatable bonds is 4. The van der Waals surface area contributed by atoms with Gasteiger partial charge in [0.1, 0.15) is 6.61 Å². The zero-order valence-electron chi connectivity index (χ0n) is 8.64. The number of nitrogens with one attached hydrogen (secondary N) is 1. The largest absolute Gasteiger partial charge is 0.447 e. The number of carbonyl (C=O) groups is 1. The van der Waals surface area contributed by atoms with Gasteiger partial charge in [-0.3, -0.25) is 0 Å². The smallest absolute Gasteiger partial charge is 0.407 e. The number of hydrogen-bond acceptors (Lipinski definition) is 3. The SMILES string of the molecule is CC(O)COC(=O)NCc1ccccc1. The summed E-state index contributed by atoms with van der Waals surface area (Å²) in [4.78, 5) is 11.1. The molecular formula is C11H15NO3. The number of aliphatic hydroxyl groups is 1. The molecule has 1 amide bonds. The quantitative estimate of drug-likeness (QED) is 0.785. The minimum absolute atomic E-state index is 0.0145. The standard InChI is InChI=1S/C11H15NO3/c1-9(13)8-15-11(14)12-7-10-5-3-2-4-6-10/h2-6,9,13H,7-8H2,1H3,(H,12,14). The first-order valence-electron chi connectivity index (χ1n) is 4.81. The van der Waals surface area contributed by atoms with Crippen molar-refractivity contribution < 1.29 is 14.6 Å². The lowest BCUT2D eigenvalue weighted by Crippen LogP contribution is -2.26. The maximum absolute atomic E-state index is 11.1. The molecule has 2 N–H and O–H groups in total. The van der Waals surface area contributed by atoms with Crippen LogP contribution in [-0.2, 0) is 11.3 Å². The molecule has 4 heteroatoms. The van der Waals surface area contributed by atoms with Gasteiger partial charge >= 0.3 is 6.09 Å². The number of ether oxygens (including phenoxy) is 1. The summed E-state index contributed by atoms with van der Waals surface area (Å²) in [5.41, 5.74) is 1.01. The van der Waals surface area contributed by atoms with Crippen LogP contribution in [0, 0.1) is 0 Å². The van der Waals surface area contributed by atoms with Gasteiger partial charge in [-0.2, -0.15) is 0 Å². The Labute approximate surface area is 88.9 Å². The lowest BCUT2D eigenvalue weighted by molar-refractivity contribution is 0.0778. The third-order valence-corrected chi connectivity index (χ3v) is 1.74. The van der Waals surface area contributed by atoms with E-state index in [1.54, 1.807) is 6.92 Å². The van der Waals surface area contributed by atoms with E-state index in [0.717, 1.165) is 5.56 Å². The molecule has 1 aromatic carbocycles. The van der Waals surface area contributed by atoms with Crippen LogP contribution in [0.4, 0.5) is 4.79 Å². The fraction of sp³-hybridized carbons (Fsp3) is 0.364. The summed E-state index contributed by atoms with van der Waals surface area (Å²) >= 11 is 0. The highest BCUT2D eigenvalue weighted by Crippen LogP contribution is 1.97. The van der Waals surface area contributed by atoms with Gasteiger partial charge in [-0.1, -0.05) is 30.3 Å². The molecule has 0 aliphatic rings. The van der Waals surface area contributed by atoms with Crippen LogP contribution in [0.25, 0.3) is 0 Å². The van der Waals surface area contributed by atoms with Crippen LogP contribution >= 0.6 is 0 Å². The lowest BCUT2D eigenvalue weighted by atomic mass is 10.2. The first-order chi connectivity index (χ1) is 7.18. The molecule has 82 valence electrons. The van der Waals surface area contributed by atoms with E-state index < -0.39 is 12.2 Å². The Morgan fingerprint density at radius 2 is 2.13 bits per heavy atom. The Balaban J connectivity index is 2.23. The van der Waals surface area contributed by atoms with Gasteiger partial charge in [0.2, 0.25) is 0 Å². The van der Waals surface area contributed by atoms with E-state index in [-0.39, 0.29) is 6.61 Å². The van der Waals surface area contributed by atoms with Gasteiger partial charge in [0.25, 0.3) is 0 Å². The highest BCUT2D eigenvalue weighted by Gasteiger charge is 2.03. The molecule has 0 saturated carbocycles. The van der Waals surface area contributed by atoms with Crippen molar-refractivity contribution in [2.75, 3.05) is 6.61 Å². The Kier molecular flexibility index (Phi) is 4.63. The van der Waals surface area contributed by atoms with E-state index in [1.807, 2.05) is 30.3 Å². The summed E-state index contributed by atoms with van der Waals surface area (Å²) in [6.45, 7) is 2.00. The summed E-state index contributed by atoms with van der Waals surface area (Å²) in [5, 5.41) is 11.5. The number of carbonyl (C=O) groups excluding carboxylic acids is 1. The van der Waals surface area contributed by atoms with Crippen molar-refractivity contribution in [2.45, 2.75) is 19.6 Å². The molecule has 0 heterocycles. The molecule has 1 aromatic rings. The summed E-state index contributed by atoms with van der Waals surface area (Å²) in [6.07, 6.45) is -1.15. The molecule has 0 spiro atoms. The zero-order valence-corrected chi connectivity index (χ0v) is 8.64. The molecule has 4 nitrogen and oxygen atoms in total. The molecule has 15 heavy (non-hydrogen) atoms. The van der Waals surface area contributed by atoms with Gasteiger partial charge in [-0.05, 0) is 12.5 Å². The Hall–Kier alpha value is -1.55. The molecule has 0 aromatic heterocycles. The monoisotopic (exact) mass is 209 g/mol. The van der Waals surface area contributed by atoms with Crippen LogP contribution < -0.4 is 5.32 Å². The number of hydrogen-bond donors (Lipinski definition) is 2. The van der Waals surface area contributed by atoms with E-state index in [9.17, 15) is 4.79 Å². The van der Waals surface area contributed by atoms with E-state index in [4.69, 9.17) is 9.84 Å². The fourth-order valence-electron chi connectivity index (χ4n) is 1.02. The second-order valence-corrected chi connectivity index (χ2v) is 3.29. The van der Waals surface area contributed by atoms with Gasteiger partial charge < -0.3 is 15.2 Å². The maximum atomic E-state index is 11.1. The first-order valence-corrected chi connectivity index (χ1v) is 4.81. The Morgan fingerprint density at radius 1 is 1.47 bits per heavy atom. The molecule has 0 bridgehead atoms. The van der Waals surface area contributed by atoms with Crippen LogP contribution in [0.5, 0.6) is 0 Å². The normalized spacial score (nSPS) is 11.9. The minimum Gasteiger partial charge on any atom is -0.447 e. The van der Waals surface area contributed by atoms with Crippen molar-refractivity contribution in [2.24, 2.45) is 0 Å². The van der Waals surface area contributed by atoms with E-state index in [0.29, 0.717) is 6.54 Å². The Bertz CT molecular complexity index is 298. The first kappa shape index (κ1) is 11.5. The van der Waals surface area contributed by atoms with Crippen molar-refractivity contribution >= 4 is 6.09 Å². The predicted octanol–water partition coefficient (Wildman–Crippen LogP) is 1.29. The molecular weight excluding hydrogens is 194 g/mol. The molecule has 0 fully saturated rings. The lowest BCUT2D eigenvalue weighted by Gasteiger charge is -2.08. The molecule has 1 unspecified atom stereocenters. The fourth-order valence-corrected chi connectivity index (χ4v) is 1.02. The van der Waals surface area contributed by atoms with E-state index in [2.05, 4.69) is 5.32 Å². The van der Waals surface area contributed by atoms with Crippen LogP contribution in [-0.4, -0.2) is 23.9 Å². The van der Waals surface area contributed by atoms with Crippen molar-refractivity contribution in [3.63, 3.8) is 0 Å². The van der Waals surface area contributed by atoms with Gasteiger partial charge in [0.05, 0.1) is 6.10 Å². The second-order valence-electron chi connectivity index (χ2n) is 3.29. The van der Waals surface area contributed by atoms with Crippen molar-refractivity contribution in [1.29, 1.82) is 0 Å². The summed E-state index contributed by atoms with van der Waals surface area (Å²) < 4.78 is 4.73. The van der Waals surface area contributed by atoms with Gasteiger partial charge in [-0.25, -0.2) is 4.79 Å². The average Bonchev–Trinajstić information content (AvgIpc) is 2.25. The van der Waals surface area contributed by atoms with E-state index in [1.165, 1.54) is 0 Å². The number of amides is 1. The predicted molar refractivity (Wildman–Crippen MR) is 56.3 cm³/mol. The second kappa shape index (κ2) is 6.03. The van der Waals surface area contributed by atoms with E-state index >= 15 is 0 Å². The van der Waals surface area contributed by atoms with Crippen LogP contribution in [0.3, 0.4) is 0 Å². The molecule has 0 saturated heterocycles. The zero-order chi connectivity index (χ0) is 11.1.